The van der Waals surface area contributed by atoms with E-state index in [0.717, 1.165) is 22.1 Å². The van der Waals surface area contributed by atoms with E-state index in [1.807, 2.05) is 14.1 Å². The van der Waals surface area contributed by atoms with Gasteiger partial charge in [-0.2, -0.15) is 5.26 Å². The number of hydrogen-bond acceptors (Lipinski definition) is 4. The van der Waals surface area contributed by atoms with Crippen molar-refractivity contribution >= 4 is 11.3 Å². The van der Waals surface area contributed by atoms with Gasteiger partial charge >= 0.3 is 0 Å². The summed E-state index contributed by atoms with van der Waals surface area (Å²) in [6, 6.07) is 2.22. The maximum Gasteiger partial charge on any atom is 0.107 e. The Morgan fingerprint density at radius 2 is 2.00 bits per heavy atom. The Hall–Kier alpha value is -0.920. The van der Waals surface area contributed by atoms with Crippen LogP contribution in [0.3, 0.4) is 0 Å². The van der Waals surface area contributed by atoms with Crippen LogP contribution < -0.4 is 0 Å². The minimum absolute atomic E-state index is 0.0211. The van der Waals surface area contributed by atoms with Gasteiger partial charge in [0.1, 0.15) is 5.01 Å². The molecule has 0 saturated carbocycles. The molecule has 0 aliphatic carbocycles. The first-order valence-corrected chi connectivity index (χ1v) is 6.17. The Labute approximate surface area is 102 Å². The molecule has 0 unspecified atom stereocenters. The highest BCUT2D eigenvalue weighted by Gasteiger charge is 2.22. The van der Waals surface area contributed by atoms with E-state index in [-0.39, 0.29) is 5.41 Å². The second-order valence-electron chi connectivity index (χ2n) is 5.20. The van der Waals surface area contributed by atoms with E-state index in [9.17, 15) is 0 Å². The number of aromatic nitrogens is 1. The van der Waals surface area contributed by atoms with Crippen LogP contribution in [0.4, 0.5) is 0 Å². The maximum atomic E-state index is 8.82. The van der Waals surface area contributed by atoms with Crippen molar-refractivity contribution in [3.8, 4) is 6.07 Å². The quantitative estimate of drug-likeness (QED) is 0.811. The van der Waals surface area contributed by atoms with E-state index in [1.54, 1.807) is 11.3 Å². The van der Waals surface area contributed by atoms with Crippen LogP contribution in [0.5, 0.6) is 0 Å². The maximum absolute atomic E-state index is 8.82. The summed E-state index contributed by atoms with van der Waals surface area (Å²) in [5.74, 6) is 0. The van der Waals surface area contributed by atoms with Crippen LogP contribution in [-0.2, 0) is 18.4 Å². The van der Waals surface area contributed by atoms with Gasteiger partial charge in [-0.25, -0.2) is 4.98 Å². The van der Waals surface area contributed by atoms with Crippen molar-refractivity contribution in [1.29, 1.82) is 5.26 Å². The molecule has 0 atom stereocenters. The molecule has 0 aliphatic rings. The lowest BCUT2D eigenvalue weighted by Crippen LogP contribution is -2.15. The van der Waals surface area contributed by atoms with E-state index < -0.39 is 0 Å². The molecular formula is C12H19N3S. The zero-order chi connectivity index (χ0) is 12.3. The lowest BCUT2D eigenvalue weighted by molar-refractivity contribution is 0.400. The average molecular weight is 237 g/mol. The van der Waals surface area contributed by atoms with Gasteiger partial charge in [-0.15, -0.1) is 11.3 Å². The first-order valence-electron chi connectivity index (χ1n) is 5.35. The molecule has 0 radical (unpaired) electrons. The predicted molar refractivity (Wildman–Crippen MR) is 67.5 cm³/mol. The summed E-state index contributed by atoms with van der Waals surface area (Å²) in [7, 11) is 4.06. The van der Waals surface area contributed by atoms with Gasteiger partial charge in [0, 0.05) is 16.8 Å². The Morgan fingerprint density at radius 1 is 1.38 bits per heavy atom. The van der Waals surface area contributed by atoms with E-state index in [2.05, 4.69) is 36.7 Å². The van der Waals surface area contributed by atoms with Crippen LogP contribution in [-0.4, -0.2) is 24.0 Å². The van der Waals surface area contributed by atoms with Crippen LogP contribution in [0.1, 0.15) is 36.3 Å². The molecule has 0 fully saturated rings. The lowest BCUT2D eigenvalue weighted by Gasteiger charge is -2.16. The topological polar surface area (TPSA) is 39.9 Å². The third-order valence-corrected chi connectivity index (χ3v) is 3.18. The van der Waals surface area contributed by atoms with Crippen molar-refractivity contribution in [3.05, 3.63) is 15.6 Å². The Kier molecular flexibility index (Phi) is 4.06. The molecule has 0 amide bonds. The second-order valence-corrected chi connectivity index (χ2v) is 6.37. The summed E-state index contributed by atoms with van der Waals surface area (Å²) < 4.78 is 0. The van der Waals surface area contributed by atoms with E-state index >= 15 is 0 Å². The minimum atomic E-state index is 0.0211. The molecular weight excluding hydrogens is 218 g/mol. The van der Waals surface area contributed by atoms with Gasteiger partial charge in [-0.1, -0.05) is 20.8 Å². The summed E-state index contributed by atoms with van der Waals surface area (Å²) in [4.78, 5) is 7.88. The number of nitriles is 1. The fourth-order valence-corrected chi connectivity index (χ4v) is 2.85. The molecule has 0 saturated heterocycles. The van der Waals surface area contributed by atoms with Crippen LogP contribution in [0.2, 0.25) is 0 Å². The molecule has 88 valence electrons. The molecule has 0 bridgehead atoms. The number of hydrogen-bond donors (Lipinski definition) is 0. The lowest BCUT2D eigenvalue weighted by atomic mass is 9.91. The van der Waals surface area contributed by atoms with Gasteiger partial charge in [0.2, 0.25) is 0 Å². The predicted octanol–water partition coefficient (Wildman–Crippen LogP) is 2.57. The van der Waals surface area contributed by atoms with Gasteiger partial charge in [0.05, 0.1) is 18.2 Å². The van der Waals surface area contributed by atoms with Gasteiger partial charge in [0.25, 0.3) is 0 Å². The second kappa shape index (κ2) is 4.94. The highest BCUT2D eigenvalue weighted by molar-refractivity contribution is 7.11. The molecule has 3 nitrogen and oxygen atoms in total. The molecule has 0 aliphatic heterocycles. The summed E-state index contributed by atoms with van der Waals surface area (Å²) in [6.45, 7) is 7.27. The number of thiazole rings is 1. The third-order valence-electron chi connectivity index (χ3n) is 2.14. The van der Waals surface area contributed by atoms with Gasteiger partial charge in [-0.3, -0.25) is 0 Å². The largest absolute Gasteiger partial charge is 0.303 e. The molecule has 0 spiro atoms. The highest BCUT2D eigenvalue weighted by Crippen LogP contribution is 2.30. The summed E-state index contributed by atoms with van der Waals surface area (Å²) in [6.07, 6.45) is 0.470. The molecule has 1 aromatic heterocycles. The average Bonchev–Trinajstić information content (AvgIpc) is 2.46. The van der Waals surface area contributed by atoms with Crippen molar-refractivity contribution in [2.75, 3.05) is 14.1 Å². The fourth-order valence-electron chi connectivity index (χ4n) is 1.52. The van der Waals surface area contributed by atoms with Crippen LogP contribution in [0.15, 0.2) is 0 Å². The Balaban J connectivity index is 3.06. The zero-order valence-electron chi connectivity index (χ0n) is 10.7. The molecule has 1 rings (SSSR count). The SMILES string of the molecule is CN(C)Cc1nc(C(C)(C)C)c(CC#N)s1. The first-order chi connectivity index (χ1) is 7.34. The Bertz CT molecular complexity index is 393. The summed E-state index contributed by atoms with van der Waals surface area (Å²) in [5, 5.41) is 9.92. The van der Waals surface area contributed by atoms with Crippen LogP contribution >= 0.6 is 11.3 Å². The molecule has 16 heavy (non-hydrogen) atoms. The molecule has 4 heteroatoms. The van der Waals surface area contributed by atoms with Crippen molar-refractivity contribution in [2.24, 2.45) is 0 Å². The van der Waals surface area contributed by atoms with Gasteiger partial charge in [0.15, 0.2) is 0 Å². The van der Waals surface area contributed by atoms with Crippen molar-refractivity contribution < 1.29 is 0 Å². The van der Waals surface area contributed by atoms with E-state index in [0.29, 0.717) is 6.42 Å². The number of nitrogens with zero attached hydrogens (tertiary/aromatic N) is 3. The number of rotatable bonds is 3. The standard InChI is InChI=1S/C12H19N3S/c1-12(2,3)11-9(6-7-13)16-10(14-11)8-15(4)5/h6,8H2,1-5H3. The summed E-state index contributed by atoms with van der Waals surface area (Å²) >= 11 is 1.66. The van der Waals surface area contributed by atoms with Crippen LogP contribution in [0, 0.1) is 11.3 Å². The smallest absolute Gasteiger partial charge is 0.107 e. The zero-order valence-corrected chi connectivity index (χ0v) is 11.5. The van der Waals surface area contributed by atoms with Crippen LogP contribution in [0.25, 0.3) is 0 Å². The molecule has 1 heterocycles. The first kappa shape index (κ1) is 13.1. The molecule has 0 N–H and O–H groups in total. The van der Waals surface area contributed by atoms with Crippen molar-refractivity contribution in [3.63, 3.8) is 0 Å². The van der Waals surface area contributed by atoms with E-state index in [4.69, 9.17) is 5.26 Å². The Morgan fingerprint density at radius 3 is 2.44 bits per heavy atom. The monoisotopic (exact) mass is 237 g/mol. The molecule has 1 aromatic rings. The van der Waals surface area contributed by atoms with Crippen molar-refractivity contribution in [1.82, 2.24) is 9.88 Å². The summed E-state index contributed by atoms with van der Waals surface area (Å²) in [5.41, 5.74) is 1.10. The van der Waals surface area contributed by atoms with Gasteiger partial charge < -0.3 is 4.90 Å². The van der Waals surface area contributed by atoms with Crippen molar-refractivity contribution in [2.45, 2.75) is 39.2 Å². The molecule has 0 aromatic carbocycles. The normalized spacial score (nSPS) is 11.8. The highest BCUT2D eigenvalue weighted by atomic mass is 32.1. The fraction of sp³-hybridized carbons (Fsp3) is 0.667. The third kappa shape index (κ3) is 3.29. The van der Waals surface area contributed by atoms with Gasteiger partial charge in [-0.05, 0) is 14.1 Å². The van der Waals surface area contributed by atoms with E-state index in [1.165, 1.54) is 0 Å². The minimum Gasteiger partial charge on any atom is -0.303 e.